The summed E-state index contributed by atoms with van der Waals surface area (Å²) in [5, 5.41) is 0. The molecule has 0 heterocycles. The largest absolute Gasteiger partial charge is 0.128 e. The first-order valence-electron chi connectivity index (χ1n) is 6.10. The molecule has 0 fully saturated rings. The van der Waals surface area contributed by atoms with Gasteiger partial charge in [0.25, 0.3) is 0 Å². The lowest BCUT2D eigenvalue weighted by Crippen LogP contribution is -1.73. The van der Waals surface area contributed by atoms with Crippen molar-refractivity contribution in [3.8, 4) is 0 Å². The van der Waals surface area contributed by atoms with E-state index in [9.17, 15) is 0 Å². The molecule has 20 heavy (non-hydrogen) atoms. The molecule has 0 radical (unpaired) electrons. The maximum atomic E-state index is 2.15. The highest BCUT2D eigenvalue weighted by Gasteiger charge is 1.96. The second-order valence-electron chi connectivity index (χ2n) is 3.71. The Bertz CT molecular complexity index is 418. The SMILES string of the molecule is CSc1ccccc1SC.CSc1ccccc1SC. The van der Waals surface area contributed by atoms with Crippen molar-refractivity contribution in [2.24, 2.45) is 0 Å². The van der Waals surface area contributed by atoms with Crippen LogP contribution in [-0.4, -0.2) is 25.0 Å². The number of rotatable bonds is 4. The monoisotopic (exact) mass is 340 g/mol. The first-order valence-corrected chi connectivity index (χ1v) is 11.0. The third kappa shape index (κ3) is 5.68. The molecule has 0 atom stereocenters. The van der Waals surface area contributed by atoms with E-state index in [0.717, 1.165) is 0 Å². The zero-order valence-electron chi connectivity index (χ0n) is 12.3. The Morgan fingerprint density at radius 1 is 0.450 bits per heavy atom. The summed E-state index contributed by atoms with van der Waals surface area (Å²) in [6.45, 7) is 0. The van der Waals surface area contributed by atoms with E-state index in [1.54, 1.807) is 47.0 Å². The maximum Gasteiger partial charge on any atom is 0.0205 e. The Balaban J connectivity index is 0.000000200. The van der Waals surface area contributed by atoms with E-state index in [2.05, 4.69) is 73.6 Å². The molecular formula is C16H20S4. The van der Waals surface area contributed by atoms with Crippen LogP contribution in [0, 0.1) is 0 Å². The topological polar surface area (TPSA) is 0 Å². The molecule has 4 heteroatoms. The second kappa shape index (κ2) is 10.6. The molecule has 2 aromatic carbocycles. The quantitative estimate of drug-likeness (QED) is 0.602. The molecule has 0 saturated carbocycles. The summed E-state index contributed by atoms with van der Waals surface area (Å²) >= 11 is 7.20. The highest BCUT2D eigenvalue weighted by atomic mass is 32.2. The Kier molecular flexibility index (Phi) is 9.44. The normalized spacial score (nSPS) is 9.80. The van der Waals surface area contributed by atoms with Gasteiger partial charge in [-0.15, -0.1) is 47.0 Å². The van der Waals surface area contributed by atoms with E-state index < -0.39 is 0 Å². The molecule has 0 aliphatic carbocycles. The third-order valence-corrected chi connectivity index (χ3v) is 6.02. The fourth-order valence-corrected chi connectivity index (χ4v) is 4.51. The van der Waals surface area contributed by atoms with Gasteiger partial charge in [0.1, 0.15) is 0 Å². The molecule has 0 saturated heterocycles. The first kappa shape index (κ1) is 17.9. The van der Waals surface area contributed by atoms with E-state index in [1.165, 1.54) is 19.6 Å². The van der Waals surface area contributed by atoms with Crippen molar-refractivity contribution in [1.29, 1.82) is 0 Å². The molecule has 0 amide bonds. The number of hydrogen-bond acceptors (Lipinski definition) is 4. The molecule has 2 aromatic rings. The van der Waals surface area contributed by atoms with Crippen LogP contribution in [0.2, 0.25) is 0 Å². The molecule has 0 spiro atoms. The summed E-state index contributed by atoms with van der Waals surface area (Å²) in [5.74, 6) is 0. The number of thioether (sulfide) groups is 4. The molecule has 2 rings (SSSR count). The van der Waals surface area contributed by atoms with Gasteiger partial charge in [-0.25, -0.2) is 0 Å². The summed E-state index contributed by atoms with van der Waals surface area (Å²) < 4.78 is 0. The average Bonchev–Trinajstić information content (AvgIpc) is 2.55. The summed E-state index contributed by atoms with van der Waals surface area (Å²) in [6.07, 6.45) is 8.42. The van der Waals surface area contributed by atoms with Crippen molar-refractivity contribution in [3.63, 3.8) is 0 Å². The molecule has 0 nitrogen and oxygen atoms in total. The smallest absolute Gasteiger partial charge is 0.0205 e. The standard InChI is InChI=1S/2C8H10S2/c2*1-9-7-5-3-4-6-8(7)10-2/h2*3-6H,1-2H3. The molecule has 0 bridgehead atoms. The average molecular weight is 341 g/mol. The highest BCUT2D eigenvalue weighted by Crippen LogP contribution is 2.27. The van der Waals surface area contributed by atoms with Crippen LogP contribution < -0.4 is 0 Å². The first-order chi connectivity index (χ1) is 9.76. The Hall–Kier alpha value is -0.160. The minimum Gasteiger partial charge on any atom is -0.128 e. The van der Waals surface area contributed by atoms with Crippen LogP contribution in [0.25, 0.3) is 0 Å². The van der Waals surface area contributed by atoms with E-state index >= 15 is 0 Å². The maximum absolute atomic E-state index is 2.15. The molecule has 108 valence electrons. The van der Waals surface area contributed by atoms with Gasteiger partial charge in [-0.05, 0) is 49.3 Å². The lowest BCUT2D eigenvalue weighted by Gasteiger charge is -2.01. The zero-order chi connectivity index (χ0) is 14.8. The van der Waals surface area contributed by atoms with Gasteiger partial charge < -0.3 is 0 Å². The van der Waals surface area contributed by atoms with Gasteiger partial charge >= 0.3 is 0 Å². The Labute approximate surface area is 139 Å². The van der Waals surface area contributed by atoms with Crippen LogP contribution in [-0.2, 0) is 0 Å². The lowest BCUT2D eigenvalue weighted by molar-refractivity contribution is 1.26. The molecule has 0 aliphatic heterocycles. The van der Waals surface area contributed by atoms with E-state index in [0.29, 0.717) is 0 Å². The van der Waals surface area contributed by atoms with Crippen LogP contribution in [0.1, 0.15) is 0 Å². The molecule has 0 aliphatic rings. The molecule has 0 aromatic heterocycles. The summed E-state index contributed by atoms with van der Waals surface area (Å²) in [6, 6.07) is 16.9. The van der Waals surface area contributed by atoms with Gasteiger partial charge in [0.15, 0.2) is 0 Å². The number of benzene rings is 2. The van der Waals surface area contributed by atoms with Gasteiger partial charge in [0.2, 0.25) is 0 Å². The van der Waals surface area contributed by atoms with Crippen LogP contribution in [0.15, 0.2) is 68.1 Å². The Morgan fingerprint density at radius 2 is 0.650 bits per heavy atom. The van der Waals surface area contributed by atoms with Gasteiger partial charge in [-0.2, -0.15) is 0 Å². The lowest BCUT2D eigenvalue weighted by atomic mass is 10.4. The van der Waals surface area contributed by atoms with Crippen molar-refractivity contribution >= 4 is 47.0 Å². The van der Waals surface area contributed by atoms with Gasteiger partial charge in [-0.1, -0.05) is 24.3 Å². The van der Waals surface area contributed by atoms with Gasteiger partial charge in [0, 0.05) is 19.6 Å². The zero-order valence-corrected chi connectivity index (χ0v) is 15.5. The molecule has 0 N–H and O–H groups in total. The van der Waals surface area contributed by atoms with Crippen molar-refractivity contribution in [3.05, 3.63) is 48.5 Å². The number of hydrogen-bond donors (Lipinski definition) is 0. The predicted molar refractivity (Wildman–Crippen MR) is 100 cm³/mol. The van der Waals surface area contributed by atoms with E-state index in [-0.39, 0.29) is 0 Å². The molecule has 0 unspecified atom stereocenters. The minimum atomic E-state index is 1.37. The van der Waals surface area contributed by atoms with E-state index in [4.69, 9.17) is 0 Å². The Morgan fingerprint density at radius 3 is 0.800 bits per heavy atom. The predicted octanol–water partition coefficient (Wildman–Crippen LogP) is 6.26. The summed E-state index contributed by atoms with van der Waals surface area (Å²) in [5.41, 5.74) is 0. The third-order valence-electron chi connectivity index (χ3n) is 2.58. The van der Waals surface area contributed by atoms with Crippen molar-refractivity contribution in [2.45, 2.75) is 19.6 Å². The fourth-order valence-electron chi connectivity index (χ4n) is 1.57. The molecular weight excluding hydrogens is 320 g/mol. The van der Waals surface area contributed by atoms with Gasteiger partial charge in [0.05, 0.1) is 0 Å². The second-order valence-corrected chi connectivity index (χ2v) is 7.10. The van der Waals surface area contributed by atoms with Crippen LogP contribution in [0.5, 0.6) is 0 Å². The van der Waals surface area contributed by atoms with Crippen LogP contribution in [0.4, 0.5) is 0 Å². The van der Waals surface area contributed by atoms with Crippen LogP contribution in [0.3, 0.4) is 0 Å². The highest BCUT2D eigenvalue weighted by molar-refractivity contribution is 8.02. The van der Waals surface area contributed by atoms with Crippen LogP contribution >= 0.6 is 47.0 Å². The van der Waals surface area contributed by atoms with Crippen molar-refractivity contribution in [2.75, 3.05) is 25.0 Å². The minimum absolute atomic E-state index is 1.37. The van der Waals surface area contributed by atoms with Crippen molar-refractivity contribution in [1.82, 2.24) is 0 Å². The van der Waals surface area contributed by atoms with E-state index in [1.807, 2.05) is 0 Å². The van der Waals surface area contributed by atoms with Crippen molar-refractivity contribution < 1.29 is 0 Å². The summed E-state index contributed by atoms with van der Waals surface area (Å²) in [4.78, 5) is 5.48. The fraction of sp³-hybridized carbons (Fsp3) is 0.250. The summed E-state index contributed by atoms with van der Waals surface area (Å²) in [7, 11) is 0. The van der Waals surface area contributed by atoms with Gasteiger partial charge in [-0.3, -0.25) is 0 Å².